The third-order valence-corrected chi connectivity index (χ3v) is 3.87. The molecule has 1 amide bonds. The Morgan fingerprint density at radius 3 is 2.62 bits per heavy atom. The van der Waals surface area contributed by atoms with Crippen LogP contribution in [0.5, 0.6) is 11.5 Å². The molecule has 0 aliphatic heterocycles. The SMILES string of the molecule is CCOc1ccc(CCC(=O)Nc2ccc(Cl)cc2C)cc1OC. The van der Waals surface area contributed by atoms with Crippen LogP contribution in [0.1, 0.15) is 24.5 Å². The molecule has 0 heterocycles. The van der Waals surface area contributed by atoms with Gasteiger partial charge in [-0.25, -0.2) is 0 Å². The molecule has 0 radical (unpaired) electrons. The van der Waals surface area contributed by atoms with Gasteiger partial charge in [-0.05, 0) is 61.7 Å². The summed E-state index contributed by atoms with van der Waals surface area (Å²) in [5, 5.41) is 3.57. The molecule has 2 aromatic rings. The van der Waals surface area contributed by atoms with Crippen LogP contribution < -0.4 is 14.8 Å². The van der Waals surface area contributed by atoms with Gasteiger partial charge in [-0.15, -0.1) is 0 Å². The molecule has 0 aliphatic rings. The molecule has 0 spiro atoms. The quantitative estimate of drug-likeness (QED) is 0.794. The molecule has 5 heteroatoms. The van der Waals surface area contributed by atoms with Gasteiger partial charge >= 0.3 is 0 Å². The maximum Gasteiger partial charge on any atom is 0.224 e. The summed E-state index contributed by atoms with van der Waals surface area (Å²) < 4.78 is 10.8. The highest BCUT2D eigenvalue weighted by Crippen LogP contribution is 2.28. The Balaban J connectivity index is 1.96. The van der Waals surface area contributed by atoms with Crippen LogP contribution in [0.2, 0.25) is 5.02 Å². The van der Waals surface area contributed by atoms with Crippen LogP contribution >= 0.6 is 11.6 Å². The lowest BCUT2D eigenvalue weighted by Crippen LogP contribution is -2.13. The third kappa shape index (κ3) is 4.90. The molecule has 4 nitrogen and oxygen atoms in total. The van der Waals surface area contributed by atoms with E-state index in [1.165, 1.54) is 0 Å². The van der Waals surface area contributed by atoms with Crippen LogP contribution in [0, 0.1) is 6.92 Å². The number of hydrogen-bond donors (Lipinski definition) is 1. The first-order valence-corrected chi connectivity index (χ1v) is 8.27. The van der Waals surface area contributed by atoms with Crippen LogP contribution in [0.3, 0.4) is 0 Å². The predicted molar refractivity (Wildman–Crippen MR) is 97.3 cm³/mol. The van der Waals surface area contributed by atoms with Crippen molar-refractivity contribution < 1.29 is 14.3 Å². The first kappa shape index (κ1) is 18.1. The van der Waals surface area contributed by atoms with Crippen LogP contribution in [-0.4, -0.2) is 19.6 Å². The maximum atomic E-state index is 12.1. The van der Waals surface area contributed by atoms with Gasteiger partial charge in [0.15, 0.2) is 11.5 Å². The van der Waals surface area contributed by atoms with Gasteiger partial charge in [0.25, 0.3) is 0 Å². The lowest BCUT2D eigenvalue weighted by atomic mass is 10.1. The molecule has 0 saturated heterocycles. The molecule has 1 N–H and O–H groups in total. The number of methoxy groups -OCH3 is 1. The standard InChI is InChI=1S/C19H22ClNO3/c1-4-24-17-9-5-14(12-18(17)23-3)6-10-19(22)21-16-8-7-15(20)11-13(16)2/h5,7-9,11-12H,4,6,10H2,1-3H3,(H,21,22). The summed E-state index contributed by atoms with van der Waals surface area (Å²) in [6, 6.07) is 11.1. The first-order valence-electron chi connectivity index (χ1n) is 7.89. The van der Waals surface area contributed by atoms with Crippen molar-refractivity contribution in [1.82, 2.24) is 0 Å². The topological polar surface area (TPSA) is 47.6 Å². The van der Waals surface area contributed by atoms with Gasteiger partial charge in [0.2, 0.25) is 5.91 Å². The average Bonchev–Trinajstić information content (AvgIpc) is 2.56. The van der Waals surface area contributed by atoms with Gasteiger partial charge in [-0.3, -0.25) is 4.79 Å². The summed E-state index contributed by atoms with van der Waals surface area (Å²) in [7, 11) is 1.61. The van der Waals surface area contributed by atoms with Crippen molar-refractivity contribution in [3.8, 4) is 11.5 Å². The summed E-state index contributed by atoms with van der Waals surface area (Å²) in [5.74, 6) is 1.36. The lowest BCUT2D eigenvalue weighted by molar-refractivity contribution is -0.116. The highest BCUT2D eigenvalue weighted by molar-refractivity contribution is 6.30. The Bertz CT molecular complexity index is 716. The normalized spacial score (nSPS) is 10.3. The van der Waals surface area contributed by atoms with E-state index in [2.05, 4.69) is 5.32 Å². The third-order valence-electron chi connectivity index (χ3n) is 3.63. The summed E-state index contributed by atoms with van der Waals surface area (Å²) >= 11 is 5.92. The molecule has 0 unspecified atom stereocenters. The number of hydrogen-bond acceptors (Lipinski definition) is 3. The average molecular weight is 348 g/mol. The fraction of sp³-hybridized carbons (Fsp3) is 0.316. The number of benzene rings is 2. The van der Waals surface area contributed by atoms with E-state index in [0.717, 1.165) is 16.8 Å². The highest BCUT2D eigenvalue weighted by Gasteiger charge is 2.09. The van der Waals surface area contributed by atoms with Crippen LogP contribution in [0.4, 0.5) is 5.69 Å². The maximum absolute atomic E-state index is 12.1. The number of halogens is 1. The molecular formula is C19H22ClNO3. The van der Waals surface area contributed by atoms with Crippen LogP contribution in [0.15, 0.2) is 36.4 Å². The van der Waals surface area contributed by atoms with E-state index in [-0.39, 0.29) is 5.91 Å². The minimum atomic E-state index is -0.0340. The number of ether oxygens (including phenoxy) is 2. The largest absolute Gasteiger partial charge is 0.493 e. The molecule has 0 atom stereocenters. The van der Waals surface area contributed by atoms with Crippen LogP contribution in [-0.2, 0) is 11.2 Å². The van der Waals surface area contributed by atoms with E-state index >= 15 is 0 Å². The van der Waals surface area contributed by atoms with E-state index in [9.17, 15) is 4.79 Å². The van der Waals surface area contributed by atoms with Crippen molar-refractivity contribution in [2.24, 2.45) is 0 Å². The summed E-state index contributed by atoms with van der Waals surface area (Å²) in [5.41, 5.74) is 2.76. The van der Waals surface area contributed by atoms with Gasteiger partial charge < -0.3 is 14.8 Å². The van der Waals surface area contributed by atoms with Crippen molar-refractivity contribution in [3.63, 3.8) is 0 Å². The second-order valence-corrected chi connectivity index (χ2v) is 5.86. The highest BCUT2D eigenvalue weighted by atomic mass is 35.5. The Labute approximate surface area is 147 Å². The minimum absolute atomic E-state index is 0.0340. The molecule has 0 saturated carbocycles. The lowest BCUT2D eigenvalue weighted by Gasteiger charge is -2.11. The minimum Gasteiger partial charge on any atom is -0.493 e. The van der Waals surface area contributed by atoms with Crippen molar-refractivity contribution >= 4 is 23.2 Å². The van der Waals surface area contributed by atoms with Gasteiger partial charge in [-0.2, -0.15) is 0 Å². The molecule has 0 aromatic heterocycles. The number of rotatable bonds is 7. The summed E-state index contributed by atoms with van der Waals surface area (Å²) in [6.45, 7) is 4.42. The number of amides is 1. The Kier molecular flexibility index (Phi) is 6.50. The molecular weight excluding hydrogens is 326 g/mol. The number of aryl methyl sites for hydroxylation is 2. The van der Waals surface area contributed by atoms with E-state index in [4.69, 9.17) is 21.1 Å². The molecule has 128 valence electrons. The van der Waals surface area contributed by atoms with Gasteiger partial charge in [0.1, 0.15) is 0 Å². The van der Waals surface area contributed by atoms with Gasteiger partial charge in [0.05, 0.1) is 13.7 Å². The number of anilines is 1. The Morgan fingerprint density at radius 1 is 1.17 bits per heavy atom. The second kappa shape index (κ2) is 8.60. The van der Waals surface area contributed by atoms with Gasteiger partial charge in [-0.1, -0.05) is 17.7 Å². The smallest absolute Gasteiger partial charge is 0.224 e. The Hall–Kier alpha value is -2.20. The van der Waals surface area contributed by atoms with E-state index in [1.54, 1.807) is 13.2 Å². The zero-order valence-corrected chi connectivity index (χ0v) is 14.9. The second-order valence-electron chi connectivity index (χ2n) is 5.43. The van der Waals surface area contributed by atoms with Crippen LogP contribution in [0.25, 0.3) is 0 Å². The number of carbonyl (C=O) groups is 1. The summed E-state index contributed by atoms with van der Waals surface area (Å²) in [6.07, 6.45) is 1.01. The monoisotopic (exact) mass is 347 g/mol. The Morgan fingerprint density at radius 2 is 1.96 bits per heavy atom. The summed E-state index contributed by atoms with van der Waals surface area (Å²) in [4.78, 5) is 12.1. The number of nitrogens with one attached hydrogen (secondary N) is 1. The molecule has 0 fully saturated rings. The molecule has 0 aliphatic carbocycles. The van der Waals surface area contributed by atoms with E-state index in [1.807, 2.05) is 44.2 Å². The predicted octanol–water partition coefficient (Wildman–Crippen LogP) is 4.63. The number of carbonyl (C=O) groups excluding carboxylic acids is 1. The molecule has 0 bridgehead atoms. The zero-order chi connectivity index (χ0) is 17.5. The fourth-order valence-corrected chi connectivity index (χ4v) is 2.61. The van der Waals surface area contributed by atoms with Crippen molar-refractivity contribution in [3.05, 3.63) is 52.5 Å². The van der Waals surface area contributed by atoms with Crippen molar-refractivity contribution in [1.29, 1.82) is 0 Å². The van der Waals surface area contributed by atoms with Crippen molar-refractivity contribution in [2.45, 2.75) is 26.7 Å². The van der Waals surface area contributed by atoms with Gasteiger partial charge in [0, 0.05) is 17.1 Å². The van der Waals surface area contributed by atoms with E-state index in [0.29, 0.717) is 36.0 Å². The van der Waals surface area contributed by atoms with Crippen molar-refractivity contribution in [2.75, 3.05) is 19.0 Å². The molecule has 2 aromatic carbocycles. The molecule has 24 heavy (non-hydrogen) atoms. The zero-order valence-electron chi connectivity index (χ0n) is 14.2. The fourth-order valence-electron chi connectivity index (χ4n) is 2.38. The first-order chi connectivity index (χ1) is 11.5. The van der Waals surface area contributed by atoms with E-state index < -0.39 is 0 Å². The molecule has 2 rings (SSSR count).